The number of methoxy groups -OCH3 is 2. The van der Waals surface area contributed by atoms with Crippen LogP contribution in [-0.4, -0.2) is 263 Å². The Bertz CT molecular complexity index is 3530. The van der Waals surface area contributed by atoms with E-state index in [4.69, 9.17) is 47.7 Å². The number of carbonyl (C=O) groups is 16. The van der Waals surface area contributed by atoms with E-state index in [0.717, 1.165) is 113 Å². The molecule has 4 N–H and O–H groups in total. The second-order valence-electron chi connectivity index (χ2n) is 28.1. The third-order valence-electron chi connectivity index (χ3n) is 15.0. The van der Waals surface area contributed by atoms with Crippen molar-refractivity contribution >= 4 is 107 Å². The summed E-state index contributed by atoms with van der Waals surface area (Å²) in [5.41, 5.74) is 4.91. The third kappa shape index (κ3) is 95.0. The van der Waals surface area contributed by atoms with Gasteiger partial charge in [0.05, 0.1) is 53.4 Å². The van der Waals surface area contributed by atoms with Crippen molar-refractivity contribution in [3.05, 3.63) is 123 Å². The summed E-state index contributed by atoms with van der Waals surface area (Å²) in [4.78, 5) is 186. The highest BCUT2D eigenvalue weighted by Gasteiger charge is 2.17. The van der Waals surface area contributed by atoms with Gasteiger partial charge in [0.25, 0.3) is 11.8 Å². The highest BCUT2D eigenvalue weighted by molar-refractivity contribution is 6.12. The fourth-order valence-corrected chi connectivity index (χ4v) is 8.68. The number of Topliss-reactive ketones (excluding diaryl/α,β-unsaturated/α-hetero) is 2. The molecule has 36 nitrogen and oxygen atoms in total. The van der Waals surface area contributed by atoms with Crippen molar-refractivity contribution in [3.63, 3.8) is 0 Å². The van der Waals surface area contributed by atoms with E-state index in [-0.39, 0.29) is 138 Å². The Labute approximate surface area is 750 Å². The van der Waals surface area contributed by atoms with Gasteiger partial charge in [0.2, 0.25) is 5.91 Å². The molecule has 2 heterocycles. The molecule has 5 amide bonds. The molecule has 2 rings (SSSR count). The average molecular weight is 1800 g/mol. The van der Waals surface area contributed by atoms with Gasteiger partial charge in [-0.15, -0.1) is 0 Å². The smallest absolute Gasteiger partial charge is 0.407 e. The van der Waals surface area contributed by atoms with Crippen LogP contribution in [0, 0.1) is 0 Å². The van der Waals surface area contributed by atoms with E-state index in [1.165, 1.54) is 19.3 Å². The van der Waals surface area contributed by atoms with Crippen molar-refractivity contribution in [2.75, 3.05) is 140 Å². The molecular weight excluding hydrogens is 1660 g/mol. The van der Waals surface area contributed by atoms with Crippen molar-refractivity contribution in [1.29, 1.82) is 0 Å². The number of alkyl carbamates (subject to hydrolysis) is 2. The molecule has 0 atom stereocenters. The molecule has 718 valence electrons. The number of nitrogens with zero attached hydrogens (tertiary/aromatic N) is 3. The predicted molar refractivity (Wildman–Crippen MR) is 480 cm³/mol. The van der Waals surface area contributed by atoms with Crippen LogP contribution in [0.3, 0.4) is 0 Å². The maximum Gasteiger partial charge on any atom is 0.407 e. The van der Waals surface area contributed by atoms with Gasteiger partial charge in [-0.2, -0.15) is 0 Å². The molecule has 0 aromatic carbocycles. The number of amides is 5. The van der Waals surface area contributed by atoms with E-state index in [2.05, 4.69) is 97.5 Å². The van der Waals surface area contributed by atoms with Gasteiger partial charge in [-0.3, -0.25) is 33.6 Å². The quantitative estimate of drug-likeness (QED) is 0.0190. The number of aliphatic hydroxyl groups excluding tert-OH is 1. The lowest BCUT2D eigenvalue weighted by molar-refractivity contribution is -0.149. The van der Waals surface area contributed by atoms with Crippen LogP contribution in [-0.2, 0) is 129 Å². The number of ether oxygens (including phenoxy) is 13. The zero-order valence-electron chi connectivity index (χ0n) is 77.4. The fraction of sp³-hybridized carbons (Fsp3) is 0.582. The number of likely N-dealkylation sites (N-methyl/N-ethyl adjacent to an activating group) is 1. The minimum atomic E-state index is -0.530. The standard InChI is InChI=1S/C23H34N2O6.C15H25NO6.C14H17NO4.C9H16O4.C9H14O4.C8H15NO2.C7H13NO.C6H10O3/c1-3-22(28)30-13-9-10-14-31-23(29)24-12-8-6-4-5-7-11-20(26)17-19-15-18(2)16-21(27)25-19;1-3-13(17)21-11-12-22-14(18)9-7-5-4-6-8-10-16-15(19)20-2;1-3-14(18)19-6-4-5-12(16)9-11-7-10(2)8-13(17)15-11;1-8(2)9(10)13-7-6-12-5-4-11-3;1-3-5-9(11)13-7-6-12-8(10)4-2;1-7(2)8(10)11-6-5-9(3)4;1-5(2)7(9)8-6(3)4;1-5(2)6(8)9-4-3-7/h3,16H,1,4-15,17H2,2H3,(H,24,29);3H,1,4-12H2,2H3,(H,16,19);3,8H,1,4-7,9H2,2H3;1,4-7H2,2-3H3;4H,2-3,5-7H2,1H3;1,5-6H2,2-4H3;6H,1H2,2-4H3,(H,8,9);7H,1,3-4H2,2H3. The van der Waals surface area contributed by atoms with Crippen LogP contribution in [0.2, 0.25) is 0 Å². The lowest BCUT2D eigenvalue weighted by atomic mass is 10.00. The average Bonchev–Trinajstić information content (AvgIpc) is 0.889. The normalized spacial score (nSPS) is 11.1. The molecular formula is C91H144N6O30. The second-order valence-corrected chi connectivity index (χ2v) is 28.1. The van der Waals surface area contributed by atoms with Gasteiger partial charge in [0.1, 0.15) is 57.8 Å². The topological polar surface area (TPSA) is 477 Å². The molecule has 0 unspecified atom stereocenters. The van der Waals surface area contributed by atoms with E-state index in [0.29, 0.717) is 131 Å². The number of dihydropyridines is 2. The summed E-state index contributed by atoms with van der Waals surface area (Å²) in [5.74, 6) is -4.19. The van der Waals surface area contributed by atoms with Gasteiger partial charge in [-0.1, -0.05) is 109 Å². The first-order valence-electron chi connectivity index (χ1n) is 41.7. The zero-order valence-corrected chi connectivity index (χ0v) is 77.4. The first-order chi connectivity index (χ1) is 60.1. The van der Waals surface area contributed by atoms with Gasteiger partial charge < -0.3 is 87.5 Å². The molecule has 2 aliphatic heterocycles. The number of aliphatic imine (C=N–C) groups is 2. The van der Waals surface area contributed by atoms with E-state index in [9.17, 15) is 76.7 Å². The van der Waals surface area contributed by atoms with Crippen LogP contribution >= 0.6 is 0 Å². The number of rotatable bonds is 57. The van der Waals surface area contributed by atoms with Crippen LogP contribution in [0.4, 0.5) is 9.59 Å². The van der Waals surface area contributed by atoms with Gasteiger partial charge in [0, 0.05) is 154 Å². The fourth-order valence-electron chi connectivity index (χ4n) is 8.68. The van der Waals surface area contributed by atoms with E-state index in [1.54, 1.807) is 34.8 Å². The Balaban J connectivity index is -0.000000342. The Hall–Kier alpha value is -11.5. The van der Waals surface area contributed by atoms with E-state index >= 15 is 0 Å². The molecule has 0 spiro atoms. The lowest BCUT2D eigenvalue weighted by Gasteiger charge is -2.10. The van der Waals surface area contributed by atoms with Crippen molar-refractivity contribution in [2.45, 2.75) is 210 Å². The molecule has 0 aliphatic carbocycles. The maximum atomic E-state index is 12.0. The lowest BCUT2D eigenvalue weighted by Crippen LogP contribution is -2.30. The minimum absolute atomic E-state index is 0.00379. The summed E-state index contributed by atoms with van der Waals surface area (Å²) in [6, 6.07) is 0.203. The van der Waals surface area contributed by atoms with Crippen molar-refractivity contribution in [1.82, 2.24) is 20.9 Å². The first kappa shape index (κ1) is 126. The van der Waals surface area contributed by atoms with Gasteiger partial charge >= 0.3 is 65.9 Å². The third-order valence-corrected chi connectivity index (χ3v) is 15.0. The number of hydrogen-bond donors (Lipinski definition) is 4. The first-order valence-corrected chi connectivity index (χ1v) is 41.7. The molecule has 0 bridgehead atoms. The maximum absolute atomic E-state index is 12.0. The summed E-state index contributed by atoms with van der Waals surface area (Å²) >= 11 is 0. The number of unbranched alkanes of at least 4 members (excludes halogenated alkanes) is 9. The van der Waals surface area contributed by atoms with E-state index in [1.807, 2.05) is 53.6 Å². The van der Waals surface area contributed by atoms with Crippen LogP contribution in [0.25, 0.3) is 0 Å². The Morgan fingerprint density at radius 3 is 1.19 bits per heavy atom. The molecule has 0 aromatic heterocycles. The van der Waals surface area contributed by atoms with E-state index < -0.39 is 42.0 Å². The molecule has 0 saturated carbocycles. The number of nitrogens with one attached hydrogen (secondary N) is 3. The molecule has 36 heteroatoms. The number of ketones is 2. The molecule has 2 aliphatic rings. The molecule has 127 heavy (non-hydrogen) atoms. The van der Waals surface area contributed by atoms with Gasteiger partial charge in [-0.05, 0) is 121 Å². The van der Waals surface area contributed by atoms with Crippen LogP contribution in [0.5, 0.6) is 0 Å². The number of hydrogen-bond acceptors (Lipinski definition) is 31. The summed E-state index contributed by atoms with van der Waals surface area (Å²) < 4.78 is 61.9. The predicted octanol–water partition coefficient (Wildman–Crippen LogP) is 11.2. The zero-order chi connectivity index (χ0) is 97.6. The van der Waals surface area contributed by atoms with Gasteiger partial charge in [0.15, 0.2) is 0 Å². The highest BCUT2D eigenvalue weighted by Crippen LogP contribution is 2.16. The van der Waals surface area contributed by atoms with Crippen molar-refractivity contribution < 1.29 is 143 Å². The Morgan fingerprint density at radius 1 is 0.441 bits per heavy atom. The molecule has 0 fully saturated rings. The highest BCUT2D eigenvalue weighted by atomic mass is 16.6. The van der Waals surface area contributed by atoms with Gasteiger partial charge in [-0.25, -0.2) is 53.1 Å². The molecule has 0 saturated heterocycles. The van der Waals surface area contributed by atoms with Crippen LogP contribution in [0.15, 0.2) is 133 Å². The second kappa shape index (κ2) is 88.0. The van der Waals surface area contributed by atoms with Crippen LogP contribution < -0.4 is 16.0 Å². The minimum Gasteiger partial charge on any atom is -0.463 e. The Kier molecular flexibility index (Phi) is 87.5. The molecule has 0 aromatic rings. The monoisotopic (exact) mass is 1800 g/mol. The number of allylic oxidation sites excluding steroid dienone is 2. The summed E-state index contributed by atoms with van der Waals surface area (Å²) in [7, 11) is 6.78. The summed E-state index contributed by atoms with van der Waals surface area (Å²) in [6.45, 7) is 47.8. The molecule has 0 radical (unpaired) electrons. The number of esters is 9. The number of carbonyl (C=O) groups excluding carboxylic acids is 16. The summed E-state index contributed by atoms with van der Waals surface area (Å²) in [6.07, 6.45) is 21.3. The number of aliphatic hydroxyl groups is 1. The van der Waals surface area contributed by atoms with Crippen LogP contribution in [0.1, 0.15) is 204 Å². The SMILES string of the molecule is C=C(C)C(=O)NC(C)C.C=C(C)C(=O)OCCN(C)C.C=C(C)C(=O)OCCO.C=C(C)C(=O)OCCOCCOC.C=CC(=O)OCCCC(=O)CC1=NC(=O)C=C(C)C1.C=CC(=O)OCCCCOC(=O)NCCCCCCCC(=O)CC1=NC(=O)C=C(C)C1.C=CC(=O)OCCOC(=O)CCC.C=CC(=O)OCCOC(=O)CCCCCCCNC(=O)OC. The van der Waals surface area contributed by atoms with Crippen molar-refractivity contribution in [3.8, 4) is 0 Å². The largest absolute Gasteiger partial charge is 0.463 e. The van der Waals surface area contributed by atoms with Crippen molar-refractivity contribution in [2.24, 2.45) is 9.98 Å². The summed E-state index contributed by atoms with van der Waals surface area (Å²) in [5, 5.41) is 16.2. The Morgan fingerprint density at radius 2 is 0.803 bits per heavy atom.